The number of hydrogen-bond donors (Lipinski definition) is 0. The van der Waals surface area contributed by atoms with Gasteiger partial charge in [0.15, 0.2) is 0 Å². The molecule has 1 saturated heterocycles. The van der Waals surface area contributed by atoms with Crippen molar-refractivity contribution in [2.45, 2.75) is 77.7 Å². The smallest absolute Gasteiger partial charge is 0.308 e. The third kappa shape index (κ3) is 4.69. The molecule has 0 N–H and O–H groups in total. The second-order valence-electron chi connectivity index (χ2n) is 10.6. The number of nitrogens with zero attached hydrogens (tertiary/aromatic N) is 3. The van der Waals surface area contributed by atoms with E-state index < -0.39 is 0 Å². The molecule has 1 saturated carbocycles. The Hall–Kier alpha value is -2.37. The second kappa shape index (κ2) is 9.24. The number of fused-ring (bicyclic) bond motifs is 1. The molecule has 1 aromatic heterocycles. The summed E-state index contributed by atoms with van der Waals surface area (Å²) >= 11 is 0. The molecule has 1 aliphatic carbocycles. The molecule has 4 rings (SSSR count). The van der Waals surface area contributed by atoms with E-state index in [0.29, 0.717) is 37.4 Å². The molecule has 0 atom stereocenters. The first-order valence-electron chi connectivity index (χ1n) is 12.2. The molecule has 2 aliphatic rings. The molecule has 0 radical (unpaired) electrons. The number of esters is 1. The molecule has 1 aliphatic heterocycles. The maximum atomic E-state index is 13.2. The van der Waals surface area contributed by atoms with E-state index in [9.17, 15) is 9.59 Å². The quantitative estimate of drug-likeness (QED) is 0.633. The highest BCUT2D eigenvalue weighted by atomic mass is 16.5. The lowest BCUT2D eigenvalue weighted by atomic mass is 9.88. The van der Waals surface area contributed by atoms with Crippen molar-refractivity contribution >= 4 is 22.9 Å². The number of likely N-dealkylation sites (tertiary alicyclic amines) is 1. The van der Waals surface area contributed by atoms with Crippen molar-refractivity contribution in [2.75, 3.05) is 20.2 Å². The van der Waals surface area contributed by atoms with E-state index in [4.69, 9.17) is 9.72 Å². The summed E-state index contributed by atoms with van der Waals surface area (Å²) in [6.45, 7) is 8.81. The largest absolute Gasteiger partial charge is 0.469 e. The Kier molecular flexibility index (Phi) is 6.59. The molecule has 0 bridgehead atoms. The topological polar surface area (TPSA) is 64.4 Å². The number of rotatable bonds is 4. The van der Waals surface area contributed by atoms with Crippen LogP contribution in [0.2, 0.25) is 0 Å². The number of hydrogen-bond acceptors (Lipinski definition) is 4. The summed E-state index contributed by atoms with van der Waals surface area (Å²) in [5, 5.41) is 0. The number of ether oxygens (including phenoxy) is 1. The van der Waals surface area contributed by atoms with Crippen molar-refractivity contribution in [1.29, 1.82) is 0 Å². The molecule has 1 aromatic carbocycles. The molecule has 32 heavy (non-hydrogen) atoms. The van der Waals surface area contributed by atoms with Crippen LogP contribution in [0.1, 0.15) is 81.9 Å². The van der Waals surface area contributed by atoms with Gasteiger partial charge in [-0.05, 0) is 49.8 Å². The number of carbonyl (C=O) groups is 2. The van der Waals surface area contributed by atoms with Gasteiger partial charge < -0.3 is 14.2 Å². The minimum atomic E-state index is -0.170. The van der Waals surface area contributed by atoms with Gasteiger partial charge in [0.1, 0.15) is 5.82 Å². The van der Waals surface area contributed by atoms with Gasteiger partial charge in [0.25, 0.3) is 5.91 Å². The van der Waals surface area contributed by atoms with E-state index in [2.05, 4.69) is 31.4 Å². The zero-order valence-corrected chi connectivity index (χ0v) is 20.0. The van der Waals surface area contributed by atoms with Crippen molar-refractivity contribution in [3.05, 3.63) is 29.6 Å². The summed E-state index contributed by atoms with van der Waals surface area (Å²) in [6.07, 6.45) is 7.91. The van der Waals surface area contributed by atoms with Crippen molar-refractivity contribution in [2.24, 2.45) is 11.8 Å². The molecule has 6 heteroatoms. The van der Waals surface area contributed by atoms with Gasteiger partial charge in [-0.3, -0.25) is 9.59 Å². The molecule has 0 unspecified atom stereocenters. The molecular formula is C26H37N3O3. The van der Waals surface area contributed by atoms with Gasteiger partial charge in [-0.2, -0.15) is 0 Å². The van der Waals surface area contributed by atoms with Crippen LogP contribution in [0.25, 0.3) is 11.0 Å². The number of piperidine rings is 1. The highest BCUT2D eigenvalue weighted by Crippen LogP contribution is 2.32. The zero-order valence-electron chi connectivity index (χ0n) is 20.0. The Labute approximate surface area is 191 Å². The first-order chi connectivity index (χ1) is 15.3. The number of benzene rings is 1. The third-order valence-corrected chi connectivity index (χ3v) is 7.15. The molecule has 2 heterocycles. The predicted molar refractivity (Wildman–Crippen MR) is 126 cm³/mol. The lowest BCUT2D eigenvalue weighted by molar-refractivity contribution is -0.146. The Bertz CT molecular complexity index is 974. The summed E-state index contributed by atoms with van der Waals surface area (Å²) in [6, 6.07) is 5.98. The van der Waals surface area contributed by atoms with Gasteiger partial charge in [-0.1, -0.05) is 40.0 Å². The molecule has 6 nitrogen and oxygen atoms in total. The average Bonchev–Trinajstić information content (AvgIpc) is 3.17. The van der Waals surface area contributed by atoms with E-state index in [1.54, 1.807) is 0 Å². The average molecular weight is 440 g/mol. The summed E-state index contributed by atoms with van der Waals surface area (Å²) in [7, 11) is 1.42. The monoisotopic (exact) mass is 439 g/mol. The molecule has 2 fully saturated rings. The molecule has 174 valence electrons. The minimum Gasteiger partial charge on any atom is -0.469 e. The predicted octanol–water partition coefficient (Wildman–Crippen LogP) is 4.94. The highest BCUT2D eigenvalue weighted by Gasteiger charge is 2.29. The summed E-state index contributed by atoms with van der Waals surface area (Å²) in [5.74, 6) is 1.56. The van der Waals surface area contributed by atoms with Crippen LogP contribution in [0.4, 0.5) is 0 Å². The standard InChI is InChI=1S/C26H37N3O3/c1-26(2,3)25-27-21-16-20(23(30)28-14-12-19(13-15-28)24(31)32-4)10-11-22(21)29(25)17-18-8-6-5-7-9-18/h10-11,16,18-19H,5-9,12-15,17H2,1-4H3. The minimum absolute atomic E-state index is 0.0226. The number of methoxy groups -OCH3 is 1. The molecule has 1 amide bonds. The summed E-state index contributed by atoms with van der Waals surface area (Å²) < 4.78 is 7.26. The maximum absolute atomic E-state index is 13.2. The first-order valence-corrected chi connectivity index (χ1v) is 12.2. The van der Waals surface area contributed by atoms with Gasteiger partial charge >= 0.3 is 5.97 Å². The molecule has 2 aromatic rings. The Morgan fingerprint density at radius 3 is 2.38 bits per heavy atom. The van der Waals surface area contributed by atoms with Crippen LogP contribution in [0, 0.1) is 11.8 Å². The van der Waals surface area contributed by atoms with E-state index in [0.717, 1.165) is 23.4 Å². The fourth-order valence-electron chi connectivity index (χ4n) is 5.32. The molecular weight excluding hydrogens is 402 g/mol. The summed E-state index contributed by atoms with van der Waals surface area (Å²) in [4.78, 5) is 31.8. The SMILES string of the molecule is COC(=O)C1CCN(C(=O)c2ccc3c(c2)nc(C(C)(C)C)n3CC2CCCCC2)CC1. The Balaban J connectivity index is 1.57. The van der Waals surface area contributed by atoms with E-state index in [1.807, 2.05) is 17.0 Å². The zero-order chi connectivity index (χ0) is 22.9. The number of imidazole rings is 1. The van der Waals surface area contributed by atoms with Crippen LogP contribution in [-0.4, -0.2) is 46.5 Å². The van der Waals surface area contributed by atoms with E-state index in [1.165, 1.54) is 39.2 Å². The van der Waals surface area contributed by atoms with Crippen molar-refractivity contribution in [3.63, 3.8) is 0 Å². The van der Waals surface area contributed by atoms with Crippen molar-refractivity contribution in [3.8, 4) is 0 Å². The van der Waals surface area contributed by atoms with Crippen LogP contribution < -0.4 is 0 Å². The van der Waals surface area contributed by atoms with Gasteiger partial charge in [0, 0.05) is 30.6 Å². The number of amides is 1. The van der Waals surface area contributed by atoms with Crippen LogP contribution >= 0.6 is 0 Å². The number of carbonyl (C=O) groups excluding carboxylic acids is 2. The third-order valence-electron chi connectivity index (χ3n) is 7.15. The molecule has 0 spiro atoms. The van der Waals surface area contributed by atoms with E-state index in [-0.39, 0.29) is 23.2 Å². The van der Waals surface area contributed by atoms with Gasteiger partial charge in [0.2, 0.25) is 0 Å². The fourth-order valence-corrected chi connectivity index (χ4v) is 5.32. The lowest BCUT2D eigenvalue weighted by Gasteiger charge is -2.30. The second-order valence-corrected chi connectivity index (χ2v) is 10.6. The van der Waals surface area contributed by atoms with Gasteiger partial charge in [-0.25, -0.2) is 4.98 Å². The highest BCUT2D eigenvalue weighted by molar-refractivity contribution is 5.97. The lowest BCUT2D eigenvalue weighted by Crippen LogP contribution is -2.40. The normalized spacial score (nSPS) is 18.8. The van der Waals surface area contributed by atoms with Crippen LogP contribution in [-0.2, 0) is 21.5 Å². The van der Waals surface area contributed by atoms with Gasteiger partial charge in [-0.15, -0.1) is 0 Å². The van der Waals surface area contributed by atoms with Crippen LogP contribution in [0.15, 0.2) is 18.2 Å². The number of aromatic nitrogens is 2. The van der Waals surface area contributed by atoms with Crippen molar-refractivity contribution in [1.82, 2.24) is 14.5 Å². The Morgan fingerprint density at radius 1 is 1.06 bits per heavy atom. The van der Waals surface area contributed by atoms with E-state index >= 15 is 0 Å². The van der Waals surface area contributed by atoms with Crippen LogP contribution in [0.3, 0.4) is 0 Å². The van der Waals surface area contributed by atoms with Crippen molar-refractivity contribution < 1.29 is 14.3 Å². The van der Waals surface area contributed by atoms with Gasteiger partial charge in [0.05, 0.1) is 24.1 Å². The Morgan fingerprint density at radius 2 is 1.75 bits per heavy atom. The first kappa shape index (κ1) is 22.8. The summed E-state index contributed by atoms with van der Waals surface area (Å²) in [5.41, 5.74) is 2.65. The van der Waals surface area contributed by atoms with Crippen LogP contribution in [0.5, 0.6) is 0 Å². The maximum Gasteiger partial charge on any atom is 0.308 e. The fraction of sp³-hybridized carbons (Fsp3) is 0.654.